The molecule has 4 rings (SSSR count). The van der Waals surface area contributed by atoms with Crippen molar-refractivity contribution in [2.24, 2.45) is 0 Å². The smallest absolute Gasteiger partial charge is 0.149 e. The van der Waals surface area contributed by atoms with E-state index in [1.165, 1.54) is 21.4 Å². The summed E-state index contributed by atoms with van der Waals surface area (Å²) >= 11 is 1.72. The lowest BCUT2D eigenvalue weighted by atomic mass is 9.99. The second kappa shape index (κ2) is 5.98. The molecule has 0 fully saturated rings. The first kappa shape index (κ1) is 14.2. The van der Waals surface area contributed by atoms with Gasteiger partial charge in [-0.15, -0.1) is 11.8 Å². The summed E-state index contributed by atoms with van der Waals surface area (Å²) < 4.78 is 6.34. The molecular formula is C21H16OS. The van der Waals surface area contributed by atoms with Gasteiger partial charge in [-0.3, -0.25) is 0 Å². The third-order valence-electron chi connectivity index (χ3n) is 4.00. The predicted molar refractivity (Wildman–Crippen MR) is 98.9 cm³/mol. The van der Waals surface area contributed by atoms with E-state index < -0.39 is 0 Å². The third-order valence-corrected chi connectivity index (χ3v) is 4.76. The Morgan fingerprint density at radius 2 is 1.35 bits per heavy atom. The maximum Gasteiger partial charge on any atom is 0.149 e. The highest BCUT2D eigenvalue weighted by atomic mass is 32.2. The summed E-state index contributed by atoms with van der Waals surface area (Å²) in [6.07, 6.45) is 2.08. The second-order valence-electron chi connectivity index (χ2n) is 5.38. The normalized spacial score (nSPS) is 11.0. The largest absolute Gasteiger partial charge is 0.454 e. The third kappa shape index (κ3) is 2.45. The molecule has 4 aromatic rings. The average Bonchev–Trinajstić information content (AvgIpc) is 3.02. The van der Waals surface area contributed by atoms with Gasteiger partial charge in [0, 0.05) is 16.5 Å². The van der Waals surface area contributed by atoms with Gasteiger partial charge < -0.3 is 4.42 Å². The van der Waals surface area contributed by atoms with Crippen LogP contribution in [0, 0.1) is 0 Å². The zero-order chi connectivity index (χ0) is 15.6. The summed E-state index contributed by atoms with van der Waals surface area (Å²) in [4.78, 5) is 1.17. The zero-order valence-electron chi connectivity index (χ0n) is 12.8. The molecule has 0 saturated heterocycles. The molecule has 3 aromatic carbocycles. The molecule has 0 amide bonds. The van der Waals surface area contributed by atoms with Crippen molar-refractivity contribution in [2.45, 2.75) is 4.90 Å². The molecule has 0 aliphatic carbocycles. The monoisotopic (exact) mass is 316 g/mol. The van der Waals surface area contributed by atoms with Gasteiger partial charge >= 0.3 is 0 Å². The van der Waals surface area contributed by atoms with Crippen LogP contribution in [0.25, 0.3) is 33.4 Å². The van der Waals surface area contributed by atoms with E-state index in [9.17, 15) is 0 Å². The first-order valence-corrected chi connectivity index (χ1v) is 8.81. The summed E-state index contributed by atoms with van der Waals surface area (Å²) in [5.74, 6) is 0.938. The number of fused-ring (bicyclic) bond motifs is 1. The maximum absolute atomic E-state index is 6.34. The van der Waals surface area contributed by atoms with E-state index in [0.29, 0.717) is 0 Å². The van der Waals surface area contributed by atoms with E-state index in [4.69, 9.17) is 4.42 Å². The number of benzene rings is 3. The highest BCUT2D eigenvalue weighted by Gasteiger charge is 2.18. The van der Waals surface area contributed by atoms with Gasteiger partial charge in [-0.1, -0.05) is 72.8 Å². The SMILES string of the molecule is CSc1cccc2c(-c3ccccc3)c(-c3ccccc3)oc12. The molecule has 1 aromatic heterocycles. The van der Waals surface area contributed by atoms with Crippen molar-refractivity contribution >= 4 is 22.7 Å². The minimum atomic E-state index is 0.938. The Hall–Kier alpha value is -2.45. The van der Waals surface area contributed by atoms with Crippen molar-refractivity contribution < 1.29 is 4.42 Å². The molecule has 23 heavy (non-hydrogen) atoms. The van der Waals surface area contributed by atoms with Crippen LogP contribution in [0.1, 0.15) is 0 Å². The van der Waals surface area contributed by atoms with Crippen molar-refractivity contribution in [1.29, 1.82) is 0 Å². The minimum Gasteiger partial charge on any atom is -0.454 e. The van der Waals surface area contributed by atoms with Crippen LogP contribution < -0.4 is 0 Å². The fourth-order valence-corrected chi connectivity index (χ4v) is 3.49. The summed E-state index contributed by atoms with van der Waals surface area (Å²) in [7, 11) is 0. The van der Waals surface area contributed by atoms with Crippen LogP contribution in [0.3, 0.4) is 0 Å². The van der Waals surface area contributed by atoms with Crippen LogP contribution >= 0.6 is 11.8 Å². The maximum atomic E-state index is 6.34. The van der Waals surface area contributed by atoms with Gasteiger partial charge in [0.25, 0.3) is 0 Å². The second-order valence-corrected chi connectivity index (χ2v) is 6.22. The molecule has 0 unspecified atom stereocenters. The van der Waals surface area contributed by atoms with Crippen molar-refractivity contribution in [3.05, 3.63) is 78.9 Å². The molecule has 0 saturated carbocycles. The van der Waals surface area contributed by atoms with E-state index in [-0.39, 0.29) is 0 Å². The molecule has 0 N–H and O–H groups in total. The highest BCUT2D eigenvalue weighted by Crippen LogP contribution is 2.43. The summed E-state index contributed by atoms with van der Waals surface area (Å²) in [5, 5.41) is 1.17. The fourth-order valence-electron chi connectivity index (χ4n) is 2.94. The van der Waals surface area contributed by atoms with Gasteiger partial charge in [0.15, 0.2) is 0 Å². The van der Waals surface area contributed by atoms with Crippen LogP contribution in [-0.4, -0.2) is 6.26 Å². The van der Waals surface area contributed by atoms with Crippen molar-refractivity contribution in [1.82, 2.24) is 0 Å². The Bertz CT molecular complexity index is 940. The van der Waals surface area contributed by atoms with Crippen LogP contribution in [-0.2, 0) is 0 Å². The minimum absolute atomic E-state index is 0.938. The van der Waals surface area contributed by atoms with E-state index in [1.54, 1.807) is 11.8 Å². The molecule has 1 nitrogen and oxygen atoms in total. The Kier molecular flexibility index (Phi) is 3.68. The van der Waals surface area contributed by atoms with Gasteiger partial charge in [-0.05, 0) is 17.9 Å². The topological polar surface area (TPSA) is 13.1 Å². The van der Waals surface area contributed by atoms with Crippen LogP contribution in [0.4, 0.5) is 0 Å². The number of rotatable bonds is 3. The van der Waals surface area contributed by atoms with E-state index in [1.807, 2.05) is 24.3 Å². The summed E-state index contributed by atoms with van der Waals surface area (Å²) in [5.41, 5.74) is 4.43. The molecule has 1 heterocycles. The van der Waals surface area contributed by atoms with Gasteiger partial charge in [0.2, 0.25) is 0 Å². The molecule has 0 spiro atoms. The molecule has 0 radical (unpaired) electrons. The highest BCUT2D eigenvalue weighted by molar-refractivity contribution is 7.98. The molecule has 112 valence electrons. The Morgan fingerprint density at radius 3 is 2.00 bits per heavy atom. The van der Waals surface area contributed by atoms with Crippen molar-refractivity contribution in [3.8, 4) is 22.5 Å². The molecule has 0 atom stereocenters. The van der Waals surface area contributed by atoms with Gasteiger partial charge in [0.1, 0.15) is 11.3 Å². The van der Waals surface area contributed by atoms with Gasteiger partial charge in [-0.2, -0.15) is 0 Å². The number of thioether (sulfide) groups is 1. The zero-order valence-corrected chi connectivity index (χ0v) is 13.6. The first-order chi connectivity index (χ1) is 11.4. The molecule has 0 aliphatic rings. The average molecular weight is 316 g/mol. The van der Waals surface area contributed by atoms with Crippen LogP contribution in [0.15, 0.2) is 88.2 Å². The molecule has 2 heteroatoms. The summed E-state index contributed by atoms with van der Waals surface area (Å²) in [6.45, 7) is 0. The Labute approximate surface area is 140 Å². The number of hydrogen-bond acceptors (Lipinski definition) is 2. The number of hydrogen-bond donors (Lipinski definition) is 0. The predicted octanol–water partition coefficient (Wildman–Crippen LogP) is 6.49. The lowest BCUT2D eigenvalue weighted by Crippen LogP contribution is -1.80. The number of para-hydroxylation sites is 1. The lowest BCUT2D eigenvalue weighted by molar-refractivity contribution is 0.625. The van der Waals surface area contributed by atoms with Gasteiger partial charge in [-0.25, -0.2) is 0 Å². The van der Waals surface area contributed by atoms with Crippen molar-refractivity contribution in [3.63, 3.8) is 0 Å². The quantitative estimate of drug-likeness (QED) is 0.401. The van der Waals surface area contributed by atoms with Crippen LogP contribution in [0.2, 0.25) is 0 Å². The van der Waals surface area contributed by atoms with Crippen LogP contribution in [0.5, 0.6) is 0 Å². The lowest BCUT2D eigenvalue weighted by Gasteiger charge is -2.03. The van der Waals surface area contributed by atoms with E-state index >= 15 is 0 Å². The van der Waals surface area contributed by atoms with E-state index in [0.717, 1.165) is 16.9 Å². The first-order valence-electron chi connectivity index (χ1n) is 7.59. The van der Waals surface area contributed by atoms with Gasteiger partial charge in [0.05, 0.1) is 4.90 Å². The van der Waals surface area contributed by atoms with E-state index in [2.05, 4.69) is 60.9 Å². The molecular weight excluding hydrogens is 300 g/mol. The fraction of sp³-hybridized carbons (Fsp3) is 0.0476. The summed E-state index contributed by atoms with van der Waals surface area (Å²) in [6, 6.07) is 27.2. The Morgan fingerprint density at radius 1 is 0.696 bits per heavy atom. The molecule has 0 aliphatic heterocycles. The Balaban J connectivity index is 2.09. The van der Waals surface area contributed by atoms with Crippen molar-refractivity contribution in [2.75, 3.05) is 6.26 Å². The number of furan rings is 1. The standard InChI is InChI=1S/C21H16OS/c1-23-18-14-8-13-17-19(15-9-4-2-5-10-15)20(22-21(17)18)16-11-6-3-7-12-16/h2-14H,1H3. The molecule has 0 bridgehead atoms.